The zero-order valence-corrected chi connectivity index (χ0v) is 18.3. The van der Waals surface area contributed by atoms with Crippen LogP contribution in [0.3, 0.4) is 0 Å². The molecule has 0 saturated carbocycles. The molecule has 1 heterocycles. The minimum absolute atomic E-state index is 0.129. The molecular weight excluding hydrogens is 439 g/mol. The van der Waals surface area contributed by atoms with Gasteiger partial charge in [0.1, 0.15) is 5.69 Å². The van der Waals surface area contributed by atoms with E-state index in [1.807, 2.05) is 80.4 Å². The van der Waals surface area contributed by atoms with Crippen molar-refractivity contribution in [1.29, 1.82) is 0 Å². The first-order chi connectivity index (χ1) is 15.5. The lowest BCUT2D eigenvalue weighted by molar-refractivity contribution is -0.192. The largest absolute Gasteiger partial charge is 0.490 e. The molecule has 176 valence electrons. The second kappa shape index (κ2) is 11.2. The van der Waals surface area contributed by atoms with E-state index in [9.17, 15) is 18.0 Å². The number of carboxylic acids is 1. The summed E-state index contributed by atoms with van der Waals surface area (Å²) >= 11 is 0. The van der Waals surface area contributed by atoms with Crippen LogP contribution >= 0.6 is 0 Å². The minimum Gasteiger partial charge on any atom is -0.475 e. The van der Waals surface area contributed by atoms with E-state index in [4.69, 9.17) is 9.90 Å². The number of benzene rings is 2. The zero-order chi connectivity index (χ0) is 24.6. The molecule has 0 spiro atoms. The average Bonchev–Trinajstić information content (AvgIpc) is 3.22. The Morgan fingerprint density at radius 3 is 2.33 bits per heavy atom. The number of carbonyl (C=O) groups is 2. The maximum Gasteiger partial charge on any atom is 0.490 e. The van der Waals surface area contributed by atoms with E-state index in [0.29, 0.717) is 5.56 Å². The number of nitrogens with zero attached hydrogens (tertiary/aromatic N) is 4. The zero-order valence-electron chi connectivity index (χ0n) is 18.3. The molecule has 1 aromatic heterocycles. The number of carbonyl (C=O) groups excluding carboxylic acids is 1. The molecule has 8 nitrogen and oxygen atoms in total. The molecule has 0 unspecified atom stereocenters. The Bertz CT molecular complexity index is 1080. The van der Waals surface area contributed by atoms with Gasteiger partial charge in [-0.1, -0.05) is 35.5 Å². The molecule has 3 aromatic rings. The Kier molecular flexibility index (Phi) is 8.69. The van der Waals surface area contributed by atoms with E-state index in [2.05, 4.69) is 20.5 Å². The van der Waals surface area contributed by atoms with Crippen LogP contribution in [0.5, 0.6) is 0 Å². The monoisotopic (exact) mass is 463 g/mol. The van der Waals surface area contributed by atoms with E-state index < -0.39 is 12.1 Å². The summed E-state index contributed by atoms with van der Waals surface area (Å²) in [4.78, 5) is 23.6. The number of hydrogen-bond acceptors (Lipinski definition) is 5. The number of likely N-dealkylation sites (N-methyl/N-ethyl adjacent to an activating group) is 1. The number of aromatic nitrogens is 3. The van der Waals surface area contributed by atoms with Crippen LogP contribution < -0.4 is 5.32 Å². The molecule has 2 N–H and O–H groups in total. The third kappa shape index (κ3) is 8.04. The van der Waals surface area contributed by atoms with Crippen LogP contribution in [0, 0.1) is 6.92 Å². The molecule has 0 aliphatic carbocycles. The maximum atomic E-state index is 12.6. The van der Waals surface area contributed by atoms with E-state index in [-0.39, 0.29) is 5.91 Å². The predicted molar refractivity (Wildman–Crippen MR) is 117 cm³/mol. The smallest absolute Gasteiger partial charge is 0.475 e. The summed E-state index contributed by atoms with van der Waals surface area (Å²) in [5.74, 6) is -2.89. The molecular formula is C22H24F3N5O3. The van der Waals surface area contributed by atoms with Gasteiger partial charge in [0.2, 0.25) is 0 Å². The first-order valence-corrected chi connectivity index (χ1v) is 9.79. The first kappa shape index (κ1) is 25.5. The highest BCUT2D eigenvalue weighted by atomic mass is 19.4. The average molecular weight is 463 g/mol. The molecule has 0 atom stereocenters. The molecule has 3 rings (SSSR count). The van der Waals surface area contributed by atoms with Gasteiger partial charge in [-0.2, -0.15) is 13.2 Å². The van der Waals surface area contributed by atoms with Crippen molar-refractivity contribution >= 4 is 17.6 Å². The highest BCUT2D eigenvalue weighted by Gasteiger charge is 2.38. The molecule has 11 heteroatoms. The van der Waals surface area contributed by atoms with Gasteiger partial charge >= 0.3 is 12.1 Å². The third-order valence-corrected chi connectivity index (χ3v) is 4.37. The number of aryl methyl sites for hydroxylation is 1. The Hall–Kier alpha value is -3.73. The summed E-state index contributed by atoms with van der Waals surface area (Å²) < 4.78 is 33.6. The van der Waals surface area contributed by atoms with Crippen LogP contribution in [0.2, 0.25) is 0 Å². The number of halogens is 3. The lowest BCUT2D eigenvalue weighted by Crippen LogP contribution is -2.21. The highest BCUT2D eigenvalue weighted by molar-refractivity contribution is 6.05. The molecule has 0 saturated heterocycles. The van der Waals surface area contributed by atoms with E-state index in [1.54, 1.807) is 0 Å². The number of alkyl halides is 3. The number of anilines is 1. The summed E-state index contributed by atoms with van der Waals surface area (Å²) in [6.45, 7) is 3.59. The fourth-order valence-electron chi connectivity index (χ4n) is 2.59. The quantitative estimate of drug-likeness (QED) is 0.578. The van der Waals surface area contributed by atoms with Crippen LogP contribution in [0.15, 0.2) is 54.7 Å². The van der Waals surface area contributed by atoms with E-state index in [1.165, 1.54) is 0 Å². The SMILES string of the molecule is Cc1ccc(-c2cn(CCN(C)C)nn2)cc1C(=O)Nc1ccccc1.O=C(O)C(F)(F)F. The lowest BCUT2D eigenvalue weighted by atomic mass is 10.0. The van der Waals surface area contributed by atoms with Gasteiger partial charge in [-0.05, 0) is 44.8 Å². The summed E-state index contributed by atoms with van der Waals surface area (Å²) in [6, 6.07) is 15.2. The van der Waals surface area contributed by atoms with Gasteiger partial charge in [0.25, 0.3) is 5.91 Å². The Morgan fingerprint density at radius 2 is 1.76 bits per heavy atom. The van der Waals surface area contributed by atoms with Gasteiger partial charge in [0, 0.05) is 23.4 Å². The number of para-hydroxylation sites is 1. The molecule has 1 amide bonds. The Morgan fingerprint density at radius 1 is 1.12 bits per heavy atom. The molecule has 0 bridgehead atoms. The van der Waals surface area contributed by atoms with Gasteiger partial charge in [0.05, 0.1) is 12.7 Å². The fourth-order valence-corrected chi connectivity index (χ4v) is 2.59. The number of amides is 1. The second-order valence-corrected chi connectivity index (χ2v) is 7.32. The van der Waals surface area contributed by atoms with Gasteiger partial charge in [-0.15, -0.1) is 5.10 Å². The maximum absolute atomic E-state index is 12.6. The lowest BCUT2D eigenvalue weighted by Gasteiger charge is -2.09. The number of carboxylic acid groups (broad SMARTS) is 1. The summed E-state index contributed by atoms with van der Waals surface area (Å²) in [6.07, 6.45) is -3.17. The second-order valence-electron chi connectivity index (χ2n) is 7.32. The molecule has 0 radical (unpaired) electrons. The summed E-state index contributed by atoms with van der Waals surface area (Å²) in [5.41, 5.74) is 3.97. The van der Waals surface area contributed by atoms with Crippen molar-refractivity contribution in [3.8, 4) is 11.3 Å². The van der Waals surface area contributed by atoms with E-state index in [0.717, 1.165) is 35.6 Å². The van der Waals surface area contributed by atoms with Crippen molar-refractivity contribution in [3.05, 3.63) is 65.9 Å². The molecule has 2 aromatic carbocycles. The van der Waals surface area contributed by atoms with Crippen molar-refractivity contribution < 1.29 is 27.9 Å². The van der Waals surface area contributed by atoms with Crippen LogP contribution in [-0.2, 0) is 11.3 Å². The number of hydrogen-bond donors (Lipinski definition) is 2. The van der Waals surface area contributed by atoms with Crippen molar-refractivity contribution in [3.63, 3.8) is 0 Å². The van der Waals surface area contributed by atoms with Crippen molar-refractivity contribution in [1.82, 2.24) is 19.9 Å². The van der Waals surface area contributed by atoms with Crippen molar-refractivity contribution in [2.45, 2.75) is 19.6 Å². The van der Waals surface area contributed by atoms with Crippen LogP contribution in [0.25, 0.3) is 11.3 Å². The topological polar surface area (TPSA) is 100 Å². The molecule has 0 aliphatic rings. The number of aliphatic carboxylic acids is 1. The normalized spacial score (nSPS) is 11.0. The van der Waals surface area contributed by atoms with E-state index >= 15 is 0 Å². The number of rotatable bonds is 6. The van der Waals surface area contributed by atoms with Gasteiger partial charge in [-0.3, -0.25) is 9.48 Å². The molecule has 0 aliphatic heterocycles. The van der Waals surface area contributed by atoms with Gasteiger partial charge < -0.3 is 15.3 Å². The fraction of sp³-hybridized carbons (Fsp3) is 0.273. The third-order valence-electron chi connectivity index (χ3n) is 4.37. The number of nitrogens with one attached hydrogen (secondary N) is 1. The van der Waals surface area contributed by atoms with Crippen LogP contribution in [0.4, 0.5) is 18.9 Å². The van der Waals surface area contributed by atoms with Crippen molar-refractivity contribution in [2.24, 2.45) is 0 Å². The van der Waals surface area contributed by atoms with Crippen molar-refractivity contribution in [2.75, 3.05) is 26.0 Å². The standard InChI is InChI=1S/C20H23N5O.C2HF3O2/c1-15-9-10-16(19-14-25(23-22-19)12-11-24(2)3)13-18(15)20(26)21-17-7-5-4-6-8-17;3-2(4,5)1(6)7/h4-10,13-14H,11-12H2,1-3H3,(H,21,26);(H,6,7). The first-order valence-electron chi connectivity index (χ1n) is 9.79. The molecule has 0 fully saturated rings. The predicted octanol–water partition coefficient (Wildman–Crippen LogP) is 3.70. The highest BCUT2D eigenvalue weighted by Crippen LogP contribution is 2.21. The summed E-state index contributed by atoms with van der Waals surface area (Å²) in [7, 11) is 4.05. The van der Waals surface area contributed by atoms with Crippen LogP contribution in [0.1, 0.15) is 15.9 Å². The Labute approximate surface area is 188 Å². The van der Waals surface area contributed by atoms with Gasteiger partial charge in [0.15, 0.2) is 0 Å². The Balaban J connectivity index is 0.000000479. The molecule has 33 heavy (non-hydrogen) atoms. The van der Waals surface area contributed by atoms with Crippen LogP contribution in [-0.4, -0.2) is 63.7 Å². The minimum atomic E-state index is -5.08. The summed E-state index contributed by atoms with van der Waals surface area (Å²) in [5, 5.41) is 18.5. The van der Waals surface area contributed by atoms with Gasteiger partial charge in [-0.25, -0.2) is 4.79 Å².